The van der Waals surface area contributed by atoms with E-state index in [2.05, 4.69) is 10.3 Å². The van der Waals surface area contributed by atoms with Crippen molar-refractivity contribution in [2.45, 2.75) is 37.8 Å². The van der Waals surface area contributed by atoms with Gasteiger partial charge in [0, 0.05) is 25.4 Å². The van der Waals surface area contributed by atoms with Crippen LogP contribution in [-0.4, -0.2) is 23.6 Å². The average molecular weight is 328 g/mol. The minimum absolute atomic E-state index is 0.0309. The molecule has 24 heavy (non-hydrogen) atoms. The molecule has 1 fully saturated rings. The molecule has 5 heteroatoms. The number of benzene rings is 1. The van der Waals surface area contributed by atoms with Crippen molar-refractivity contribution >= 4 is 5.91 Å². The largest absolute Gasteiger partial charge is 0.376 e. The molecule has 0 radical (unpaired) electrons. The molecule has 1 N–H and O–H groups in total. The molecule has 2 atom stereocenters. The summed E-state index contributed by atoms with van der Waals surface area (Å²) < 4.78 is 18.9. The fraction of sp³-hybridized carbons (Fsp3) is 0.368. The Hall–Kier alpha value is -2.27. The molecule has 1 saturated heterocycles. The predicted molar refractivity (Wildman–Crippen MR) is 88.8 cm³/mol. The summed E-state index contributed by atoms with van der Waals surface area (Å²) in [5.74, 6) is -0.314. The van der Waals surface area contributed by atoms with Crippen molar-refractivity contribution in [3.8, 4) is 0 Å². The second-order valence-corrected chi connectivity index (χ2v) is 6.00. The van der Waals surface area contributed by atoms with Gasteiger partial charge in [-0.2, -0.15) is 0 Å². The van der Waals surface area contributed by atoms with Crippen LogP contribution in [0.3, 0.4) is 0 Å². The van der Waals surface area contributed by atoms with Crippen LogP contribution >= 0.6 is 0 Å². The van der Waals surface area contributed by atoms with Crippen LogP contribution in [0.25, 0.3) is 0 Å². The van der Waals surface area contributed by atoms with Gasteiger partial charge in [0.1, 0.15) is 5.82 Å². The van der Waals surface area contributed by atoms with Crippen LogP contribution in [0.1, 0.15) is 36.4 Å². The van der Waals surface area contributed by atoms with E-state index in [1.54, 1.807) is 24.5 Å². The monoisotopic (exact) mass is 328 g/mol. The second-order valence-electron chi connectivity index (χ2n) is 6.00. The molecule has 4 nitrogen and oxygen atoms in total. The number of halogens is 1. The van der Waals surface area contributed by atoms with Gasteiger partial charge in [-0.3, -0.25) is 9.78 Å². The van der Waals surface area contributed by atoms with E-state index in [1.165, 1.54) is 12.1 Å². The van der Waals surface area contributed by atoms with Gasteiger partial charge < -0.3 is 10.1 Å². The summed E-state index contributed by atoms with van der Waals surface area (Å²) in [6.45, 7) is 0.704. The van der Waals surface area contributed by atoms with Crippen molar-refractivity contribution in [1.82, 2.24) is 10.3 Å². The number of hydrogen-bond donors (Lipinski definition) is 1. The van der Waals surface area contributed by atoms with Crippen LogP contribution in [0.5, 0.6) is 0 Å². The smallest absolute Gasteiger partial charge is 0.220 e. The van der Waals surface area contributed by atoms with E-state index in [9.17, 15) is 9.18 Å². The topological polar surface area (TPSA) is 51.2 Å². The Morgan fingerprint density at radius 2 is 2.00 bits per heavy atom. The minimum atomic E-state index is -0.283. The van der Waals surface area contributed by atoms with Gasteiger partial charge in [0.25, 0.3) is 0 Å². The third kappa shape index (κ3) is 4.38. The Kier molecular flexibility index (Phi) is 5.54. The SMILES string of the molecule is O=C(CCc1ccncc1)N[C@@H](c1ccc(F)cc1)[C@H]1CCCO1. The fourth-order valence-corrected chi connectivity index (χ4v) is 2.98. The summed E-state index contributed by atoms with van der Waals surface area (Å²) in [5.41, 5.74) is 1.95. The summed E-state index contributed by atoms with van der Waals surface area (Å²) in [5, 5.41) is 3.06. The zero-order valence-corrected chi connectivity index (χ0v) is 13.5. The normalized spacial score (nSPS) is 18.3. The molecule has 2 aromatic rings. The van der Waals surface area contributed by atoms with E-state index in [-0.39, 0.29) is 23.9 Å². The molecule has 0 bridgehead atoms. The van der Waals surface area contributed by atoms with E-state index < -0.39 is 0 Å². The Morgan fingerprint density at radius 1 is 1.25 bits per heavy atom. The van der Waals surface area contributed by atoms with Crippen molar-refractivity contribution in [2.75, 3.05) is 6.61 Å². The molecular weight excluding hydrogens is 307 g/mol. The minimum Gasteiger partial charge on any atom is -0.376 e. The highest BCUT2D eigenvalue weighted by Crippen LogP contribution is 2.27. The first kappa shape index (κ1) is 16.6. The molecule has 1 aliphatic heterocycles. The van der Waals surface area contributed by atoms with Gasteiger partial charge in [-0.15, -0.1) is 0 Å². The van der Waals surface area contributed by atoms with Gasteiger partial charge in [-0.05, 0) is 54.7 Å². The van der Waals surface area contributed by atoms with Crippen molar-refractivity contribution in [3.05, 3.63) is 65.7 Å². The van der Waals surface area contributed by atoms with E-state index in [4.69, 9.17) is 4.74 Å². The highest BCUT2D eigenvalue weighted by Gasteiger charge is 2.28. The van der Waals surface area contributed by atoms with Crippen molar-refractivity contribution < 1.29 is 13.9 Å². The summed E-state index contributed by atoms with van der Waals surface area (Å²) in [6, 6.07) is 9.84. The predicted octanol–water partition coefficient (Wildman–Crippen LogP) is 3.19. The molecule has 0 unspecified atom stereocenters. The number of hydrogen-bond acceptors (Lipinski definition) is 3. The van der Waals surface area contributed by atoms with Crippen molar-refractivity contribution in [2.24, 2.45) is 0 Å². The number of aryl methyl sites for hydroxylation is 1. The quantitative estimate of drug-likeness (QED) is 0.886. The molecular formula is C19H21FN2O2. The third-order valence-corrected chi connectivity index (χ3v) is 4.27. The van der Waals surface area contributed by atoms with Crippen LogP contribution < -0.4 is 5.32 Å². The number of amides is 1. The van der Waals surface area contributed by atoms with Gasteiger partial charge in [0.05, 0.1) is 12.1 Å². The molecule has 1 amide bonds. The van der Waals surface area contributed by atoms with Crippen LogP contribution in [-0.2, 0) is 16.0 Å². The number of aromatic nitrogens is 1. The lowest BCUT2D eigenvalue weighted by atomic mass is 9.98. The molecule has 0 spiro atoms. The second kappa shape index (κ2) is 8.02. The van der Waals surface area contributed by atoms with E-state index in [0.717, 1.165) is 24.0 Å². The first-order valence-electron chi connectivity index (χ1n) is 8.28. The number of ether oxygens (including phenoxy) is 1. The maximum Gasteiger partial charge on any atom is 0.220 e. The lowest BCUT2D eigenvalue weighted by molar-refractivity contribution is -0.122. The molecule has 1 aliphatic rings. The molecule has 0 saturated carbocycles. The summed E-state index contributed by atoms with van der Waals surface area (Å²) in [6.07, 6.45) is 6.33. The van der Waals surface area contributed by atoms with Gasteiger partial charge in [0.15, 0.2) is 0 Å². The zero-order chi connectivity index (χ0) is 16.8. The first-order valence-corrected chi connectivity index (χ1v) is 8.28. The van der Waals surface area contributed by atoms with Crippen LogP contribution in [0.4, 0.5) is 4.39 Å². The summed E-state index contributed by atoms with van der Waals surface area (Å²) in [4.78, 5) is 16.3. The van der Waals surface area contributed by atoms with Crippen LogP contribution in [0.15, 0.2) is 48.8 Å². The maximum absolute atomic E-state index is 13.2. The number of carbonyl (C=O) groups excluding carboxylic acids is 1. The molecule has 3 rings (SSSR count). The lowest BCUT2D eigenvalue weighted by Gasteiger charge is -2.25. The summed E-state index contributed by atoms with van der Waals surface area (Å²) >= 11 is 0. The zero-order valence-electron chi connectivity index (χ0n) is 13.5. The van der Waals surface area contributed by atoms with Crippen LogP contribution in [0.2, 0.25) is 0 Å². The maximum atomic E-state index is 13.2. The first-order chi connectivity index (χ1) is 11.7. The Bertz CT molecular complexity index is 655. The fourth-order valence-electron chi connectivity index (χ4n) is 2.98. The van der Waals surface area contributed by atoms with Crippen molar-refractivity contribution in [3.63, 3.8) is 0 Å². The van der Waals surface area contributed by atoms with Gasteiger partial charge in [-0.1, -0.05) is 12.1 Å². The highest BCUT2D eigenvalue weighted by atomic mass is 19.1. The number of rotatable bonds is 6. The number of carbonyl (C=O) groups is 1. The molecule has 1 aromatic heterocycles. The standard InChI is InChI=1S/C19H21FN2O2/c20-16-6-4-15(5-7-16)19(17-2-1-13-24-17)22-18(23)8-3-14-9-11-21-12-10-14/h4-7,9-12,17,19H,1-3,8,13H2,(H,22,23)/t17-,19+/m1/s1. The Balaban J connectivity index is 1.64. The molecule has 0 aliphatic carbocycles. The van der Waals surface area contributed by atoms with Gasteiger partial charge in [0.2, 0.25) is 5.91 Å². The summed E-state index contributed by atoms with van der Waals surface area (Å²) in [7, 11) is 0. The molecule has 126 valence electrons. The molecule has 2 heterocycles. The van der Waals surface area contributed by atoms with Gasteiger partial charge in [-0.25, -0.2) is 4.39 Å². The van der Waals surface area contributed by atoms with E-state index >= 15 is 0 Å². The lowest BCUT2D eigenvalue weighted by Crippen LogP contribution is -2.36. The highest BCUT2D eigenvalue weighted by molar-refractivity contribution is 5.76. The average Bonchev–Trinajstić information content (AvgIpc) is 3.14. The van der Waals surface area contributed by atoms with E-state index in [1.807, 2.05) is 12.1 Å². The Morgan fingerprint density at radius 3 is 2.67 bits per heavy atom. The van der Waals surface area contributed by atoms with Crippen molar-refractivity contribution in [1.29, 1.82) is 0 Å². The van der Waals surface area contributed by atoms with E-state index in [0.29, 0.717) is 19.4 Å². The number of nitrogens with one attached hydrogen (secondary N) is 1. The Labute approximate surface area is 141 Å². The third-order valence-electron chi connectivity index (χ3n) is 4.27. The number of pyridine rings is 1. The molecule has 1 aromatic carbocycles. The number of nitrogens with zero attached hydrogens (tertiary/aromatic N) is 1. The van der Waals surface area contributed by atoms with Gasteiger partial charge >= 0.3 is 0 Å². The van der Waals surface area contributed by atoms with Crippen LogP contribution in [0, 0.1) is 5.82 Å².